The van der Waals surface area contributed by atoms with Crippen molar-refractivity contribution in [2.24, 2.45) is 5.73 Å². The Bertz CT molecular complexity index is 1360. The van der Waals surface area contributed by atoms with Crippen molar-refractivity contribution in [3.05, 3.63) is 90.0 Å². The van der Waals surface area contributed by atoms with Crippen molar-refractivity contribution in [2.45, 2.75) is 5.92 Å². The first kappa shape index (κ1) is 20.5. The minimum Gasteiger partial charge on any atom is -0.465 e. The van der Waals surface area contributed by atoms with E-state index >= 15 is 4.39 Å². The van der Waals surface area contributed by atoms with Crippen LogP contribution >= 0.6 is 0 Å². The number of rotatable bonds is 4. The highest BCUT2D eigenvalue weighted by Gasteiger charge is 2.32. The minimum absolute atomic E-state index is 0.0413. The van der Waals surface area contributed by atoms with Crippen LogP contribution in [-0.2, 0) is 4.74 Å². The van der Waals surface area contributed by atoms with Crippen molar-refractivity contribution in [1.82, 2.24) is 15.0 Å². The maximum absolute atomic E-state index is 15.1. The van der Waals surface area contributed by atoms with Crippen LogP contribution in [0, 0.1) is 17.2 Å². The number of hydrogen-bond donors (Lipinski definition) is 2. The zero-order valence-electron chi connectivity index (χ0n) is 17.1. The summed E-state index contributed by atoms with van der Waals surface area (Å²) in [6, 6.07) is 12.6. The molecule has 1 aliphatic rings. The number of aromatic nitrogens is 3. The Labute approximate surface area is 187 Å². The molecule has 0 fully saturated rings. The van der Waals surface area contributed by atoms with Gasteiger partial charge in [-0.3, -0.25) is 5.41 Å². The second-order valence-electron chi connectivity index (χ2n) is 7.37. The van der Waals surface area contributed by atoms with Crippen LogP contribution in [0.1, 0.15) is 17.0 Å². The molecule has 164 valence electrons. The average molecular weight is 445 g/mol. The predicted octanol–water partition coefficient (Wildman–Crippen LogP) is 4.63. The molecule has 0 spiro atoms. The van der Waals surface area contributed by atoms with Crippen LogP contribution in [0.2, 0.25) is 0 Å². The largest absolute Gasteiger partial charge is 0.465 e. The van der Waals surface area contributed by atoms with E-state index in [1.807, 2.05) is 0 Å². The van der Waals surface area contributed by atoms with Gasteiger partial charge in [0, 0.05) is 40.8 Å². The monoisotopic (exact) mass is 445 g/mol. The van der Waals surface area contributed by atoms with Gasteiger partial charge >= 0.3 is 0 Å². The molecule has 9 heteroatoms. The molecule has 5 rings (SSSR count). The molecule has 1 aliphatic heterocycles. The molecule has 0 bridgehead atoms. The van der Waals surface area contributed by atoms with E-state index in [0.29, 0.717) is 39.4 Å². The van der Waals surface area contributed by atoms with Gasteiger partial charge in [-0.05, 0) is 48.0 Å². The lowest BCUT2D eigenvalue weighted by Crippen LogP contribution is -2.22. The van der Waals surface area contributed by atoms with Gasteiger partial charge < -0.3 is 15.2 Å². The lowest BCUT2D eigenvalue weighted by atomic mass is 9.86. The fourth-order valence-electron chi connectivity index (χ4n) is 3.87. The van der Waals surface area contributed by atoms with Crippen LogP contribution in [0.15, 0.2) is 67.1 Å². The fraction of sp³-hybridized carbons (Fsp3) is 0.0833. The maximum atomic E-state index is 15.1. The Kier molecular flexibility index (Phi) is 5.14. The number of hydrogen-bond acceptors (Lipinski definition) is 6. The third-order valence-corrected chi connectivity index (χ3v) is 5.34. The molecule has 1 unspecified atom stereocenters. The van der Waals surface area contributed by atoms with E-state index in [1.165, 1.54) is 12.3 Å². The third kappa shape index (κ3) is 3.84. The van der Waals surface area contributed by atoms with Crippen LogP contribution in [0.3, 0.4) is 0 Å². The highest BCUT2D eigenvalue weighted by molar-refractivity contribution is 5.70. The fourth-order valence-corrected chi connectivity index (χ4v) is 3.87. The molecule has 4 aromatic rings. The lowest BCUT2D eigenvalue weighted by molar-refractivity contribution is 0.273. The molecule has 7 nitrogen and oxygen atoms in total. The second-order valence-corrected chi connectivity index (χ2v) is 7.37. The minimum atomic E-state index is -0.610. The van der Waals surface area contributed by atoms with Gasteiger partial charge in [-0.25, -0.2) is 19.3 Å². The number of nitrogens with two attached hydrogens (primary N) is 1. The van der Waals surface area contributed by atoms with Crippen LogP contribution in [0.4, 0.5) is 8.78 Å². The Balaban J connectivity index is 1.66. The van der Waals surface area contributed by atoms with E-state index in [2.05, 4.69) is 15.0 Å². The summed E-state index contributed by atoms with van der Waals surface area (Å²) in [5.41, 5.74) is 7.88. The van der Waals surface area contributed by atoms with Gasteiger partial charge in [0.1, 0.15) is 12.4 Å². The molecule has 0 aliphatic carbocycles. The Morgan fingerprint density at radius 3 is 2.48 bits per heavy atom. The summed E-state index contributed by atoms with van der Waals surface area (Å²) in [5.74, 6) is -0.959. The molecule has 3 N–H and O–H groups in total. The van der Waals surface area contributed by atoms with Crippen LogP contribution in [0.5, 0.6) is 11.5 Å². The molecular weight excluding hydrogens is 428 g/mol. The Morgan fingerprint density at radius 1 is 0.970 bits per heavy atom. The number of amidine groups is 1. The summed E-state index contributed by atoms with van der Waals surface area (Å²) in [4.78, 5) is 12.1. The van der Waals surface area contributed by atoms with E-state index in [-0.39, 0.29) is 12.4 Å². The topological polar surface area (TPSA) is 107 Å². The van der Waals surface area contributed by atoms with Gasteiger partial charge in [-0.15, -0.1) is 0 Å². The van der Waals surface area contributed by atoms with Crippen molar-refractivity contribution < 1.29 is 18.3 Å². The van der Waals surface area contributed by atoms with Crippen molar-refractivity contribution >= 4 is 6.02 Å². The average Bonchev–Trinajstić information content (AvgIpc) is 2.82. The van der Waals surface area contributed by atoms with Crippen LogP contribution in [0.25, 0.3) is 22.5 Å². The molecule has 1 atom stereocenters. The molecule has 33 heavy (non-hydrogen) atoms. The van der Waals surface area contributed by atoms with Crippen molar-refractivity contribution in [3.8, 4) is 34.0 Å². The van der Waals surface area contributed by atoms with Crippen molar-refractivity contribution in [3.63, 3.8) is 0 Å². The van der Waals surface area contributed by atoms with Gasteiger partial charge in [0.2, 0.25) is 5.95 Å². The molecule has 0 radical (unpaired) electrons. The number of nitrogens with zero attached hydrogens (tertiary/aromatic N) is 3. The van der Waals surface area contributed by atoms with E-state index < -0.39 is 23.7 Å². The zero-order valence-corrected chi connectivity index (χ0v) is 17.1. The third-order valence-electron chi connectivity index (χ3n) is 5.34. The quantitative estimate of drug-likeness (QED) is 0.269. The van der Waals surface area contributed by atoms with Gasteiger partial charge in [-0.2, -0.15) is 4.39 Å². The molecule has 0 amide bonds. The highest BCUT2D eigenvalue weighted by Crippen LogP contribution is 2.47. The lowest BCUT2D eigenvalue weighted by Gasteiger charge is -2.29. The number of nitrogens with one attached hydrogen (secondary N) is 1. The van der Waals surface area contributed by atoms with E-state index in [9.17, 15) is 4.39 Å². The van der Waals surface area contributed by atoms with E-state index in [0.717, 1.165) is 0 Å². The van der Waals surface area contributed by atoms with Crippen molar-refractivity contribution in [1.29, 1.82) is 5.41 Å². The van der Waals surface area contributed by atoms with Crippen LogP contribution < -0.4 is 10.5 Å². The Morgan fingerprint density at radius 2 is 1.73 bits per heavy atom. The summed E-state index contributed by atoms with van der Waals surface area (Å²) >= 11 is 0. The molecular formula is C24H17F2N5O2. The first-order valence-electron chi connectivity index (χ1n) is 10.0. The molecule has 3 heterocycles. The van der Waals surface area contributed by atoms with Crippen molar-refractivity contribution in [2.75, 3.05) is 6.61 Å². The summed E-state index contributed by atoms with van der Waals surface area (Å²) in [6.45, 7) is -0.0454. The van der Waals surface area contributed by atoms with E-state index in [1.54, 1.807) is 54.9 Å². The molecule has 0 saturated heterocycles. The zero-order chi connectivity index (χ0) is 22.9. The molecule has 2 aromatic heterocycles. The number of halogens is 2. The normalized spacial score (nSPS) is 14.1. The molecule has 0 saturated carbocycles. The standard InChI is InChI=1S/C24H17F2N5O2/c25-19-11-14(23-30-7-2-8-31-23)10-17-18(12-32-24(27)28)16-9-13(4-5-20(16)33-21(17)19)15-3-1-6-29-22(15)26/h1-11,18H,12H2,(H3,27,28). The summed E-state index contributed by atoms with van der Waals surface area (Å²) in [6.07, 6.45) is 4.50. The first-order chi connectivity index (χ1) is 16.0. The predicted molar refractivity (Wildman–Crippen MR) is 117 cm³/mol. The number of fused-ring (bicyclic) bond motifs is 2. The van der Waals surface area contributed by atoms with E-state index in [4.69, 9.17) is 20.6 Å². The SMILES string of the molecule is N=C(N)OCC1c2cc(-c3cccnc3F)ccc2Oc2c(F)cc(-c3ncccn3)cc21. The van der Waals surface area contributed by atoms with Crippen LogP contribution in [-0.4, -0.2) is 27.6 Å². The van der Waals surface area contributed by atoms with Gasteiger partial charge in [-0.1, -0.05) is 6.07 Å². The summed E-state index contributed by atoms with van der Waals surface area (Å²) in [7, 11) is 0. The highest BCUT2D eigenvalue weighted by atomic mass is 19.1. The number of ether oxygens (including phenoxy) is 2. The second kappa shape index (κ2) is 8.27. The summed E-state index contributed by atoms with van der Waals surface area (Å²) < 4.78 is 40.7. The van der Waals surface area contributed by atoms with Gasteiger partial charge in [0.25, 0.3) is 6.02 Å². The first-order valence-corrected chi connectivity index (χ1v) is 10.0. The Hall–Kier alpha value is -4.40. The van der Waals surface area contributed by atoms with Gasteiger partial charge in [0.15, 0.2) is 17.4 Å². The number of pyridine rings is 1. The molecule has 2 aromatic carbocycles. The number of benzene rings is 2. The summed E-state index contributed by atoms with van der Waals surface area (Å²) in [5, 5.41) is 7.48. The van der Waals surface area contributed by atoms with Gasteiger partial charge in [0.05, 0.1) is 5.92 Å². The maximum Gasteiger partial charge on any atom is 0.279 e. The smallest absolute Gasteiger partial charge is 0.279 e.